The number of rotatable bonds is 6. The first-order valence-corrected chi connectivity index (χ1v) is 6.38. The van der Waals surface area contributed by atoms with Crippen molar-refractivity contribution in [2.75, 3.05) is 6.61 Å². The molecule has 0 saturated carbocycles. The van der Waals surface area contributed by atoms with Crippen molar-refractivity contribution < 1.29 is 19.2 Å². The number of aliphatic hydroxyl groups is 1. The number of benzene rings is 1. The van der Waals surface area contributed by atoms with Gasteiger partial charge in [0.2, 0.25) is 5.91 Å². The van der Waals surface area contributed by atoms with Crippen molar-refractivity contribution in [3.8, 4) is 0 Å². The third-order valence-electron chi connectivity index (χ3n) is 3.11. The topological polar surface area (TPSA) is 92.5 Å². The lowest BCUT2D eigenvalue weighted by Gasteiger charge is -2.18. The molecule has 2 unspecified atom stereocenters. The highest BCUT2D eigenvalue weighted by Crippen LogP contribution is 2.20. The van der Waals surface area contributed by atoms with E-state index in [9.17, 15) is 19.3 Å². The van der Waals surface area contributed by atoms with E-state index < -0.39 is 22.3 Å². The molecule has 0 radical (unpaired) electrons. The van der Waals surface area contributed by atoms with Crippen molar-refractivity contribution in [3.05, 3.63) is 45.8 Å². The van der Waals surface area contributed by atoms with Gasteiger partial charge in [-0.15, -0.1) is 0 Å². The van der Waals surface area contributed by atoms with Crippen LogP contribution in [-0.4, -0.2) is 28.6 Å². The quantitative estimate of drug-likeness (QED) is 0.476. The van der Waals surface area contributed by atoms with E-state index in [1.807, 2.05) is 0 Å². The number of amides is 1. The van der Waals surface area contributed by atoms with Crippen LogP contribution in [0.4, 0.5) is 10.1 Å². The number of carbonyl (C=O) groups is 1. The largest absolute Gasteiger partial charge is 0.396 e. The van der Waals surface area contributed by atoms with E-state index in [1.54, 1.807) is 13.8 Å². The Morgan fingerprint density at radius 3 is 2.76 bits per heavy atom. The first kappa shape index (κ1) is 16.8. The van der Waals surface area contributed by atoms with Crippen LogP contribution in [0, 0.1) is 21.8 Å². The summed E-state index contributed by atoms with van der Waals surface area (Å²) < 4.78 is 13.0. The fourth-order valence-corrected chi connectivity index (χ4v) is 1.55. The molecule has 1 rings (SSSR count). The van der Waals surface area contributed by atoms with Crippen LogP contribution in [0.3, 0.4) is 0 Å². The van der Waals surface area contributed by atoms with Gasteiger partial charge in [-0.2, -0.15) is 0 Å². The zero-order valence-electron chi connectivity index (χ0n) is 11.7. The molecule has 0 aliphatic heterocycles. The molecule has 2 N–H and O–H groups in total. The van der Waals surface area contributed by atoms with E-state index in [0.717, 1.165) is 18.2 Å². The molecule has 114 valence electrons. The second-order valence-electron chi connectivity index (χ2n) is 4.75. The molecule has 0 aliphatic rings. The summed E-state index contributed by atoms with van der Waals surface area (Å²) in [5, 5.41) is 22.4. The number of aliphatic hydroxyl groups excluding tert-OH is 1. The van der Waals surface area contributed by atoms with Crippen molar-refractivity contribution in [1.29, 1.82) is 0 Å². The average molecular weight is 296 g/mol. The summed E-state index contributed by atoms with van der Waals surface area (Å²) in [6.07, 6.45) is 2.39. The van der Waals surface area contributed by atoms with Crippen molar-refractivity contribution in [2.45, 2.75) is 19.9 Å². The van der Waals surface area contributed by atoms with E-state index in [0.29, 0.717) is 0 Å². The lowest BCUT2D eigenvalue weighted by molar-refractivity contribution is -0.385. The van der Waals surface area contributed by atoms with Crippen LogP contribution >= 0.6 is 0 Å². The van der Waals surface area contributed by atoms with Crippen molar-refractivity contribution in [3.63, 3.8) is 0 Å². The molecular weight excluding hydrogens is 279 g/mol. The van der Waals surface area contributed by atoms with Gasteiger partial charge in [0.15, 0.2) is 0 Å². The standard InChI is InChI=1S/C14H17FN2O4/c1-9(8-18)10(2)16-14(19)6-4-11-3-5-12(15)7-13(11)17(20)21/h3-7,9-10,18H,8H2,1-2H3,(H,16,19)/b6-4+. The molecule has 1 aromatic rings. The summed E-state index contributed by atoms with van der Waals surface area (Å²) in [5.74, 6) is -1.27. The second-order valence-corrected chi connectivity index (χ2v) is 4.75. The van der Waals surface area contributed by atoms with E-state index in [1.165, 1.54) is 12.1 Å². The predicted molar refractivity (Wildman–Crippen MR) is 75.9 cm³/mol. The Labute approximate surface area is 121 Å². The van der Waals surface area contributed by atoms with Crippen molar-refractivity contribution >= 4 is 17.7 Å². The Kier molecular flexibility index (Phi) is 5.98. The average Bonchev–Trinajstić information content (AvgIpc) is 2.44. The lowest BCUT2D eigenvalue weighted by atomic mass is 10.1. The molecule has 2 atom stereocenters. The van der Waals surface area contributed by atoms with E-state index in [4.69, 9.17) is 5.11 Å². The zero-order chi connectivity index (χ0) is 16.0. The van der Waals surface area contributed by atoms with Gasteiger partial charge in [0.25, 0.3) is 5.69 Å². The van der Waals surface area contributed by atoms with Crippen LogP contribution in [0.25, 0.3) is 6.08 Å². The van der Waals surface area contributed by atoms with E-state index in [-0.39, 0.29) is 24.1 Å². The van der Waals surface area contributed by atoms with Gasteiger partial charge in [0.05, 0.1) is 16.6 Å². The number of nitrogens with zero attached hydrogens (tertiary/aromatic N) is 1. The number of hydrogen-bond acceptors (Lipinski definition) is 4. The van der Waals surface area contributed by atoms with Crippen molar-refractivity contribution in [1.82, 2.24) is 5.32 Å². The maximum Gasteiger partial charge on any atom is 0.279 e. The normalized spacial score (nSPS) is 13.9. The number of carbonyl (C=O) groups excluding carboxylic acids is 1. The predicted octanol–water partition coefficient (Wildman–Crippen LogP) is 1.88. The zero-order valence-corrected chi connectivity index (χ0v) is 11.7. The number of nitro benzene ring substituents is 1. The molecule has 0 aliphatic carbocycles. The van der Waals surface area contributed by atoms with Gasteiger partial charge in [-0.05, 0) is 31.1 Å². The Morgan fingerprint density at radius 1 is 1.52 bits per heavy atom. The summed E-state index contributed by atoms with van der Waals surface area (Å²) >= 11 is 0. The molecule has 6 nitrogen and oxygen atoms in total. The first-order valence-electron chi connectivity index (χ1n) is 6.38. The smallest absolute Gasteiger partial charge is 0.279 e. The summed E-state index contributed by atoms with van der Waals surface area (Å²) in [5.41, 5.74) is -0.268. The van der Waals surface area contributed by atoms with Crippen LogP contribution in [0.15, 0.2) is 24.3 Å². The summed E-state index contributed by atoms with van der Waals surface area (Å²) in [6.45, 7) is 3.46. The van der Waals surface area contributed by atoms with Crippen LogP contribution in [-0.2, 0) is 4.79 Å². The number of halogens is 1. The summed E-state index contributed by atoms with van der Waals surface area (Å²) in [4.78, 5) is 21.8. The second kappa shape index (κ2) is 7.49. The molecule has 1 aromatic carbocycles. The maximum atomic E-state index is 13.0. The molecule has 7 heteroatoms. The Hall–Kier alpha value is -2.28. The molecule has 1 amide bonds. The molecular formula is C14H17FN2O4. The minimum Gasteiger partial charge on any atom is -0.396 e. The first-order chi connectivity index (χ1) is 9.85. The third kappa shape index (κ3) is 4.96. The highest BCUT2D eigenvalue weighted by molar-refractivity contribution is 5.92. The van der Waals surface area contributed by atoms with Crippen LogP contribution in [0.1, 0.15) is 19.4 Å². The molecule has 0 spiro atoms. The lowest BCUT2D eigenvalue weighted by Crippen LogP contribution is -2.37. The molecule has 0 bridgehead atoms. The molecule has 0 aromatic heterocycles. The Morgan fingerprint density at radius 2 is 2.19 bits per heavy atom. The monoisotopic (exact) mass is 296 g/mol. The minimum absolute atomic E-state index is 0.0609. The van der Waals surface area contributed by atoms with Gasteiger partial charge in [-0.25, -0.2) is 4.39 Å². The molecule has 0 heterocycles. The minimum atomic E-state index is -0.714. The van der Waals surface area contributed by atoms with Gasteiger partial charge in [-0.1, -0.05) is 6.92 Å². The Balaban J connectivity index is 2.81. The van der Waals surface area contributed by atoms with Gasteiger partial charge in [-0.3, -0.25) is 14.9 Å². The van der Waals surface area contributed by atoms with E-state index in [2.05, 4.69) is 5.32 Å². The maximum absolute atomic E-state index is 13.0. The number of nitro groups is 1. The molecule has 0 saturated heterocycles. The molecule has 0 fully saturated rings. The van der Waals surface area contributed by atoms with Crippen molar-refractivity contribution in [2.24, 2.45) is 5.92 Å². The summed E-state index contributed by atoms with van der Waals surface area (Å²) in [7, 11) is 0. The SMILES string of the molecule is CC(CO)C(C)NC(=O)/C=C/c1ccc(F)cc1[N+](=O)[O-]. The number of nitrogens with one attached hydrogen (secondary N) is 1. The third-order valence-corrected chi connectivity index (χ3v) is 3.11. The molecule has 21 heavy (non-hydrogen) atoms. The van der Waals surface area contributed by atoms with Gasteiger partial charge >= 0.3 is 0 Å². The highest BCUT2D eigenvalue weighted by atomic mass is 19.1. The van der Waals surface area contributed by atoms with Gasteiger partial charge < -0.3 is 10.4 Å². The van der Waals surface area contributed by atoms with E-state index >= 15 is 0 Å². The number of hydrogen-bond donors (Lipinski definition) is 2. The summed E-state index contributed by atoms with van der Waals surface area (Å²) in [6, 6.07) is 2.88. The van der Waals surface area contributed by atoms with Gasteiger partial charge in [0, 0.05) is 18.7 Å². The fraction of sp³-hybridized carbons (Fsp3) is 0.357. The fourth-order valence-electron chi connectivity index (χ4n) is 1.55. The van der Waals surface area contributed by atoms with Crippen LogP contribution in [0.2, 0.25) is 0 Å². The van der Waals surface area contributed by atoms with Gasteiger partial charge in [0.1, 0.15) is 5.82 Å². The Bertz CT molecular complexity index is 560. The van der Waals surface area contributed by atoms with Crippen LogP contribution < -0.4 is 5.32 Å². The highest BCUT2D eigenvalue weighted by Gasteiger charge is 2.14. The van der Waals surface area contributed by atoms with Crippen LogP contribution in [0.5, 0.6) is 0 Å².